The van der Waals surface area contributed by atoms with E-state index in [0.29, 0.717) is 0 Å². The van der Waals surface area contributed by atoms with Crippen molar-refractivity contribution in [3.05, 3.63) is 83.4 Å². The zero-order valence-corrected chi connectivity index (χ0v) is 10.3. The fourth-order valence-corrected chi connectivity index (χ4v) is 3.09. The van der Waals surface area contributed by atoms with Crippen LogP contribution in [0, 0.1) is 0 Å². The first-order valence-corrected chi connectivity index (χ1v) is 6.47. The van der Waals surface area contributed by atoms with Crippen molar-refractivity contribution in [1.82, 2.24) is 0 Å². The van der Waals surface area contributed by atoms with Gasteiger partial charge in [-0.05, 0) is 21.9 Å². The van der Waals surface area contributed by atoms with Gasteiger partial charge in [-0.3, -0.25) is 4.79 Å². The summed E-state index contributed by atoms with van der Waals surface area (Å²) in [6, 6.07) is 22.2. The smallest absolute Gasteiger partial charge is 0.175 e. The Morgan fingerprint density at radius 2 is 1.47 bits per heavy atom. The summed E-state index contributed by atoms with van der Waals surface area (Å²) in [4.78, 5) is 12.7. The summed E-state index contributed by atoms with van der Waals surface area (Å²) in [6.07, 6.45) is 0. The Morgan fingerprint density at radius 1 is 0.737 bits per heavy atom. The first-order valence-electron chi connectivity index (χ1n) is 6.47. The lowest BCUT2D eigenvalue weighted by Gasteiger charge is -2.10. The standard InChI is InChI=1S/C18H12O/c19-18-15-11-5-9-12-8-4-10-14(16(12)15)17(18)13-6-2-1-3-7-13/h1-11,17H. The minimum absolute atomic E-state index is 0.137. The summed E-state index contributed by atoms with van der Waals surface area (Å²) >= 11 is 0. The Hall–Kier alpha value is -2.41. The lowest BCUT2D eigenvalue weighted by Crippen LogP contribution is -2.07. The fourth-order valence-electron chi connectivity index (χ4n) is 3.09. The Bertz CT molecular complexity index is 782. The summed E-state index contributed by atoms with van der Waals surface area (Å²) in [6.45, 7) is 0. The number of ketones is 1. The van der Waals surface area contributed by atoms with Gasteiger partial charge in [0.25, 0.3) is 0 Å². The molecule has 1 aliphatic carbocycles. The normalized spacial score (nSPS) is 17.1. The van der Waals surface area contributed by atoms with Gasteiger partial charge in [0.05, 0.1) is 5.92 Å². The molecule has 1 unspecified atom stereocenters. The highest BCUT2D eigenvalue weighted by Gasteiger charge is 2.33. The molecule has 4 rings (SSSR count). The Morgan fingerprint density at radius 3 is 2.26 bits per heavy atom. The predicted octanol–water partition coefficient (Wildman–Crippen LogP) is 4.17. The minimum Gasteiger partial charge on any atom is -0.293 e. The summed E-state index contributed by atoms with van der Waals surface area (Å²) < 4.78 is 0. The molecule has 0 aliphatic heterocycles. The van der Waals surface area contributed by atoms with Crippen molar-refractivity contribution in [2.75, 3.05) is 0 Å². The van der Waals surface area contributed by atoms with E-state index in [0.717, 1.165) is 27.5 Å². The first-order chi connectivity index (χ1) is 9.36. The van der Waals surface area contributed by atoms with Crippen LogP contribution in [0.4, 0.5) is 0 Å². The summed E-state index contributed by atoms with van der Waals surface area (Å²) in [5, 5.41) is 2.28. The van der Waals surface area contributed by atoms with Crippen molar-refractivity contribution < 1.29 is 4.79 Å². The Balaban J connectivity index is 2.04. The van der Waals surface area contributed by atoms with Gasteiger partial charge in [0.1, 0.15) is 0 Å². The van der Waals surface area contributed by atoms with Crippen LogP contribution in [0.1, 0.15) is 27.4 Å². The lowest BCUT2D eigenvalue weighted by atomic mass is 9.91. The number of Topliss-reactive ketones (excluding diaryl/α,β-unsaturated/α-hetero) is 1. The van der Waals surface area contributed by atoms with Crippen molar-refractivity contribution in [1.29, 1.82) is 0 Å². The third-order valence-electron chi connectivity index (χ3n) is 3.91. The quantitative estimate of drug-likeness (QED) is 0.628. The molecule has 1 atom stereocenters. The molecule has 0 spiro atoms. The molecule has 0 aromatic heterocycles. The molecule has 0 amide bonds. The molecule has 0 saturated heterocycles. The number of rotatable bonds is 1. The zero-order valence-electron chi connectivity index (χ0n) is 10.3. The largest absolute Gasteiger partial charge is 0.293 e. The van der Waals surface area contributed by atoms with Crippen molar-refractivity contribution in [3.8, 4) is 0 Å². The molecule has 0 fully saturated rings. The summed E-state index contributed by atoms with van der Waals surface area (Å²) in [7, 11) is 0. The van der Waals surface area contributed by atoms with Crippen LogP contribution in [0.5, 0.6) is 0 Å². The van der Waals surface area contributed by atoms with Crippen molar-refractivity contribution in [2.24, 2.45) is 0 Å². The van der Waals surface area contributed by atoms with Gasteiger partial charge in [-0.25, -0.2) is 0 Å². The van der Waals surface area contributed by atoms with Crippen LogP contribution >= 0.6 is 0 Å². The van der Waals surface area contributed by atoms with Gasteiger partial charge in [0.2, 0.25) is 0 Å². The van der Waals surface area contributed by atoms with E-state index in [-0.39, 0.29) is 11.7 Å². The third-order valence-corrected chi connectivity index (χ3v) is 3.91. The second-order valence-corrected chi connectivity index (χ2v) is 4.96. The molecule has 0 saturated carbocycles. The van der Waals surface area contributed by atoms with Crippen LogP contribution in [0.15, 0.2) is 66.7 Å². The monoisotopic (exact) mass is 244 g/mol. The van der Waals surface area contributed by atoms with E-state index in [1.54, 1.807) is 0 Å². The van der Waals surface area contributed by atoms with Gasteiger partial charge in [-0.1, -0.05) is 66.7 Å². The topological polar surface area (TPSA) is 17.1 Å². The van der Waals surface area contributed by atoms with E-state index in [4.69, 9.17) is 0 Å². The van der Waals surface area contributed by atoms with Crippen LogP contribution in [0.3, 0.4) is 0 Å². The molecular formula is C18H12O. The molecule has 1 aliphatic rings. The molecule has 1 nitrogen and oxygen atoms in total. The summed E-state index contributed by atoms with van der Waals surface area (Å²) in [5.74, 6) is 0.0836. The van der Waals surface area contributed by atoms with Gasteiger partial charge < -0.3 is 0 Å². The van der Waals surface area contributed by atoms with Gasteiger partial charge in [-0.15, -0.1) is 0 Å². The van der Waals surface area contributed by atoms with Crippen LogP contribution in [-0.4, -0.2) is 5.78 Å². The molecule has 0 bridgehead atoms. The second-order valence-electron chi connectivity index (χ2n) is 4.96. The molecule has 19 heavy (non-hydrogen) atoms. The molecule has 0 radical (unpaired) electrons. The van der Waals surface area contributed by atoms with Crippen molar-refractivity contribution in [3.63, 3.8) is 0 Å². The average Bonchev–Trinajstić information content (AvgIpc) is 2.76. The number of benzene rings is 3. The van der Waals surface area contributed by atoms with Crippen LogP contribution in [0.25, 0.3) is 10.8 Å². The average molecular weight is 244 g/mol. The number of hydrogen-bond acceptors (Lipinski definition) is 1. The van der Waals surface area contributed by atoms with E-state index in [2.05, 4.69) is 18.2 Å². The van der Waals surface area contributed by atoms with Gasteiger partial charge >= 0.3 is 0 Å². The zero-order chi connectivity index (χ0) is 12.8. The number of hydrogen-bond donors (Lipinski definition) is 0. The second kappa shape index (κ2) is 3.79. The first kappa shape index (κ1) is 10.5. The Kier molecular flexibility index (Phi) is 2.10. The SMILES string of the molecule is O=C1c2cccc3cccc(c23)C1c1ccccc1. The molecule has 90 valence electrons. The van der Waals surface area contributed by atoms with Gasteiger partial charge in [0, 0.05) is 5.56 Å². The maximum atomic E-state index is 12.7. The van der Waals surface area contributed by atoms with E-state index in [1.165, 1.54) is 0 Å². The van der Waals surface area contributed by atoms with E-state index in [1.807, 2.05) is 48.5 Å². The van der Waals surface area contributed by atoms with Gasteiger partial charge in [0.15, 0.2) is 5.78 Å². The van der Waals surface area contributed by atoms with Crippen LogP contribution in [-0.2, 0) is 0 Å². The highest BCUT2D eigenvalue weighted by Crippen LogP contribution is 2.41. The Labute approximate surface area is 111 Å². The van der Waals surface area contributed by atoms with Crippen LogP contribution in [0.2, 0.25) is 0 Å². The maximum absolute atomic E-state index is 12.7. The number of carbonyl (C=O) groups is 1. The number of carbonyl (C=O) groups excluding carboxylic acids is 1. The van der Waals surface area contributed by atoms with Crippen molar-refractivity contribution in [2.45, 2.75) is 5.92 Å². The fraction of sp³-hybridized carbons (Fsp3) is 0.0556. The highest BCUT2D eigenvalue weighted by atomic mass is 16.1. The van der Waals surface area contributed by atoms with E-state index < -0.39 is 0 Å². The molecular weight excluding hydrogens is 232 g/mol. The molecule has 3 aromatic carbocycles. The lowest BCUT2D eigenvalue weighted by molar-refractivity contribution is 0.0981. The molecule has 0 heterocycles. The third kappa shape index (κ3) is 1.39. The minimum atomic E-state index is -0.137. The van der Waals surface area contributed by atoms with E-state index >= 15 is 0 Å². The summed E-state index contributed by atoms with van der Waals surface area (Å²) in [5.41, 5.74) is 3.09. The molecule has 0 N–H and O–H groups in total. The van der Waals surface area contributed by atoms with E-state index in [9.17, 15) is 4.79 Å². The van der Waals surface area contributed by atoms with Crippen molar-refractivity contribution >= 4 is 16.6 Å². The molecule has 3 aromatic rings. The predicted molar refractivity (Wildman–Crippen MR) is 76.6 cm³/mol. The highest BCUT2D eigenvalue weighted by molar-refractivity contribution is 6.19. The van der Waals surface area contributed by atoms with Crippen LogP contribution < -0.4 is 0 Å². The molecule has 1 heteroatoms. The maximum Gasteiger partial charge on any atom is 0.175 e. The van der Waals surface area contributed by atoms with Gasteiger partial charge in [-0.2, -0.15) is 0 Å².